The fourth-order valence-electron chi connectivity index (χ4n) is 2.97. The maximum Gasteiger partial charge on any atom is 0.223 e. The van der Waals surface area contributed by atoms with Crippen LogP contribution in [0.1, 0.15) is 31.7 Å². The number of nitrogens with zero attached hydrogens (tertiary/aromatic N) is 4. The molecule has 116 valence electrons. The van der Waals surface area contributed by atoms with Crippen LogP contribution >= 0.6 is 11.8 Å². The van der Waals surface area contributed by atoms with Crippen molar-refractivity contribution in [2.24, 2.45) is 5.92 Å². The molecule has 2 aromatic heterocycles. The predicted molar refractivity (Wildman–Crippen MR) is 86.6 cm³/mol. The molecule has 6 nitrogen and oxygen atoms in total. The molecular formula is C15H19N5OS. The van der Waals surface area contributed by atoms with Crippen molar-refractivity contribution in [3.63, 3.8) is 0 Å². The molecule has 0 spiro atoms. The summed E-state index contributed by atoms with van der Waals surface area (Å²) in [7, 11) is 0. The summed E-state index contributed by atoms with van der Waals surface area (Å²) in [6.45, 7) is 0.180. The Hall–Kier alpha value is -1.60. The van der Waals surface area contributed by atoms with E-state index >= 15 is 0 Å². The molecule has 0 amide bonds. The number of anilines is 1. The van der Waals surface area contributed by atoms with Crippen molar-refractivity contribution >= 4 is 28.9 Å². The van der Waals surface area contributed by atoms with Crippen molar-refractivity contribution in [3.05, 3.63) is 18.5 Å². The van der Waals surface area contributed by atoms with E-state index in [1.165, 1.54) is 19.3 Å². The van der Waals surface area contributed by atoms with Gasteiger partial charge in [-0.2, -0.15) is 4.98 Å². The van der Waals surface area contributed by atoms with Crippen molar-refractivity contribution in [2.75, 3.05) is 12.3 Å². The number of fused-ring (bicyclic) bond motifs is 1. The average molecular weight is 317 g/mol. The third kappa shape index (κ3) is 2.38. The first kappa shape index (κ1) is 14.0. The number of imidazole rings is 1. The topological polar surface area (TPSA) is 89.8 Å². The van der Waals surface area contributed by atoms with Gasteiger partial charge in [-0.05, 0) is 19.3 Å². The highest BCUT2D eigenvalue weighted by Crippen LogP contribution is 2.39. The summed E-state index contributed by atoms with van der Waals surface area (Å²) in [6, 6.07) is 0.179. The highest BCUT2D eigenvalue weighted by Gasteiger charge is 2.25. The van der Waals surface area contributed by atoms with Crippen molar-refractivity contribution < 1.29 is 5.11 Å². The zero-order valence-corrected chi connectivity index (χ0v) is 13.0. The Kier molecular flexibility index (Phi) is 3.54. The molecule has 2 aliphatic carbocycles. The van der Waals surface area contributed by atoms with Gasteiger partial charge in [-0.1, -0.05) is 18.6 Å². The molecule has 1 saturated carbocycles. The molecule has 0 saturated heterocycles. The minimum atomic E-state index is 0.179. The summed E-state index contributed by atoms with van der Waals surface area (Å²) in [5.74, 6) is 0.516. The molecule has 7 heteroatoms. The lowest BCUT2D eigenvalue weighted by molar-refractivity contribution is 0.244. The summed E-state index contributed by atoms with van der Waals surface area (Å²) in [5, 5.41) is 10.8. The minimum Gasteiger partial charge on any atom is -0.396 e. The Balaban J connectivity index is 1.70. The van der Waals surface area contributed by atoms with Gasteiger partial charge in [0.25, 0.3) is 0 Å². The quantitative estimate of drug-likeness (QED) is 0.663. The summed E-state index contributed by atoms with van der Waals surface area (Å²) in [6.07, 6.45) is 10.6. The van der Waals surface area contributed by atoms with Crippen LogP contribution in [0, 0.1) is 5.92 Å². The molecule has 2 heterocycles. The predicted octanol–water partition coefficient (Wildman–Crippen LogP) is 2.16. The first-order chi connectivity index (χ1) is 10.7. The number of aliphatic hydroxyl groups excluding tert-OH is 1. The van der Waals surface area contributed by atoms with Gasteiger partial charge in [0.15, 0.2) is 5.65 Å². The van der Waals surface area contributed by atoms with Crippen LogP contribution in [0.5, 0.6) is 0 Å². The van der Waals surface area contributed by atoms with Gasteiger partial charge in [-0.25, -0.2) is 9.97 Å². The summed E-state index contributed by atoms with van der Waals surface area (Å²) < 4.78 is 2.05. The monoisotopic (exact) mass is 317 g/mol. The average Bonchev–Trinajstić information content (AvgIpc) is 3.08. The van der Waals surface area contributed by atoms with E-state index in [0.29, 0.717) is 11.2 Å². The third-order valence-corrected chi connectivity index (χ3v) is 5.79. The van der Waals surface area contributed by atoms with E-state index in [9.17, 15) is 5.11 Å². The van der Waals surface area contributed by atoms with Crippen LogP contribution in [0.15, 0.2) is 23.5 Å². The summed E-state index contributed by atoms with van der Waals surface area (Å²) >= 11 is 1.77. The maximum absolute atomic E-state index is 9.29. The lowest BCUT2D eigenvalue weighted by atomic mass is 10.0. The van der Waals surface area contributed by atoms with Crippen LogP contribution in [-0.2, 0) is 0 Å². The van der Waals surface area contributed by atoms with Crippen LogP contribution < -0.4 is 5.73 Å². The molecule has 2 aromatic rings. The second kappa shape index (κ2) is 5.55. The Bertz CT molecular complexity index is 724. The van der Waals surface area contributed by atoms with Crippen molar-refractivity contribution in [3.8, 4) is 0 Å². The maximum atomic E-state index is 9.29. The molecule has 0 aliphatic heterocycles. The zero-order chi connectivity index (χ0) is 15.1. The van der Waals surface area contributed by atoms with E-state index in [0.717, 1.165) is 22.6 Å². The molecule has 2 atom stereocenters. The fraction of sp³-hybridized carbons (Fsp3) is 0.533. The van der Waals surface area contributed by atoms with Crippen LogP contribution in [0.2, 0.25) is 0 Å². The van der Waals surface area contributed by atoms with Gasteiger partial charge in [-0.3, -0.25) is 0 Å². The Labute approximate surface area is 132 Å². The number of hydrogen-bond donors (Lipinski definition) is 2. The van der Waals surface area contributed by atoms with E-state index in [2.05, 4.69) is 27.1 Å². The molecule has 22 heavy (non-hydrogen) atoms. The van der Waals surface area contributed by atoms with Gasteiger partial charge < -0.3 is 15.4 Å². The largest absolute Gasteiger partial charge is 0.396 e. The Morgan fingerprint density at radius 2 is 2.18 bits per heavy atom. The number of nitrogen functional groups attached to an aromatic ring is 1. The molecule has 3 N–H and O–H groups in total. The molecule has 4 rings (SSSR count). The van der Waals surface area contributed by atoms with Crippen LogP contribution in [0.3, 0.4) is 0 Å². The van der Waals surface area contributed by atoms with Crippen molar-refractivity contribution in [2.45, 2.75) is 42.0 Å². The second-order valence-electron chi connectivity index (χ2n) is 6.01. The molecule has 2 aliphatic rings. The molecule has 0 unspecified atom stereocenters. The Morgan fingerprint density at radius 1 is 1.32 bits per heavy atom. The smallest absolute Gasteiger partial charge is 0.223 e. The standard InChI is InChI=1S/C15H19N5OS/c16-15-18-13-12(14(19-15)22-11-2-1-3-11)17-8-20(13)10-5-4-9(6-10)7-21/h4-5,8-11,21H,1-3,6-7H2,(H2,16,18,19)/t9-,10+/m1/s1. The normalized spacial score (nSPS) is 25.0. The summed E-state index contributed by atoms with van der Waals surface area (Å²) in [5.41, 5.74) is 7.54. The zero-order valence-electron chi connectivity index (χ0n) is 12.2. The van der Waals surface area contributed by atoms with Crippen LogP contribution in [0.4, 0.5) is 5.95 Å². The van der Waals surface area contributed by atoms with E-state index in [1.54, 1.807) is 11.8 Å². The number of hydrogen-bond acceptors (Lipinski definition) is 6. The number of aliphatic hydroxyl groups is 1. The van der Waals surface area contributed by atoms with E-state index < -0.39 is 0 Å². The Morgan fingerprint density at radius 3 is 2.86 bits per heavy atom. The van der Waals surface area contributed by atoms with Gasteiger partial charge in [0, 0.05) is 17.8 Å². The molecular weight excluding hydrogens is 298 g/mol. The van der Waals surface area contributed by atoms with Gasteiger partial charge in [-0.15, -0.1) is 11.8 Å². The van der Waals surface area contributed by atoms with Crippen LogP contribution in [0.25, 0.3) is 11.2 Å². The minimum absolute atomic E-state index is 0.179. The lowest BCUT2D eigenvalue weighted by Gasteiger charge is -2.24. The first-order valence-corrected chi connectivity index (χ1v) is 8.58. The van der Waals surface area contributed by atoms with Gasteiger partial charge in [0.05, 0.1) is 12.4 Å². The second-order valence-corrected chi connectivity index (χ2v) is 7.30. The van der Waals surface area contributed by atoms with Gasteiger partial charge in [0.2, 0.25) is 5.95 Å². The van der Waals surface area contributed by atoms with E-state index in [1.807, 2.05) is 10.9 Å². The van der Waals surface area contributed by atoms with Crippen LogP contribution in [-0.4, -0.2) is 36.5 Å². The number of nitrogens with two attached hydrogens (primary N) is 1. The molecule has 0 radical (unpaired) electrons. The number of aromatic nitrogens is 4. The van der Waals surface area contributed by atoms with E-state index in [4.69, 9.17) is 5.73 Å². The molecule has 0 aromatic carbocycles. The van der Waals surface area contributed by atoms with Gasteiger partial charge >= 0.3 is 0 Å². The number of rotatable bonds is 4. The fourth-order valence-corrected chi connectivity index (χ4v) is 4.26. The van der Waals surface area contributed by atoms with Gasteiger partial charge in [0.1, 0.15) is 10.5 Å². The highest BCUT2D eigenvalue weighted by atomic mass is 32.2. The number of allylic oxidation sites excluding steroid dienone is 1. The summed E-state index contributed by atoms with van der Waals surface area (Å²) in [4.78, 5) is 13.3. The molecule has 1 fully saturated rings. The third-order valence-electron chi connectivity index (χ3n) is 4.48. The number of thioether (sulfide) groups is 1. The van der Waals surface area contributed by atoms with Crippen molar-refractivity contribution in [1.82, 2.24) is 19.5 Å². The first-order valence-electron chi connectivity index (χ1n) is 7.70. The highest BCUT2D eigenvalue weighted by molar-refractivity contribution is 8.00. The molecule has 0 bridgehead atoms. The van der Waals surface area contributed by atoms with Crippen molar-refractivity contribution in [1.29, 1.82) is 0 Å². The van der Waals surface area contributed by atoms with E-state index in [-0.39, 0.29) is 18.6 Å². The SMILES string of the molecule is Nc1nc(SC2CCC2)c2ncn([C@H]3C=C[C@@H](CO)C3)c2n1. The lowest BCUT2D eigenvalue weighted by Crippen LogP contribution is -2.14.